The summed E-state index contributed by atoms with van der Waals surface area (Å²) in [5, 5.41) is 3.41. The van der Waals surface area contributed by atoms with E-state index in [2.05, 4.69) is 28.8 Å². The topological polar surface area (TPSA) is 42.7 Å². The number of hydrogen-bond donors (Lipinski definition) is 1. The molecule has 0 aromatic carbocycles. The molecule has 0 aliphatic carbocycles. The third-order valence-corrected chi connectivity index (χ3v) is 3.54. The van der Waals surface area contributed by atoms with Crippen LogP contribution in [0.1, 0.15) is 19.2 Å². The number of rotatable bonds is 1. The lowest BCUT2D eigenvalue weighted by Gasteiger charge is -2.21. The van der Waals surface area contributed by atoms with Gasteiger partial charge in [-0.05, 0) is 25.1 Å². The van der Waals surface area contributed by atoms with E-state index in [4.69, 9.17) is 4.98 Å². The number of aryl methyl sites for hydroxylation is 1. The second kappa shape index (κ2) is 3.28. The van der Waals surface area contributed by atoms with Crippen molar-refractivity contribution in [1.29, 1.82) is 0 Å². The zero-order valence-electron chi connectivity index (χ0n) is 9.70. The molecule has 1 aliphatic heterocycles. The van der Waals surface area contributed by atoms with Crippen LogP contribution in [0.15, 0.2) is 18.3 Å². The van der Waals surface area contributed by atoms with Crippen LogP contribution in [-0.4, -0.2) is 27.6 Å². The van der Waals surface area contributed by atoms with Gasteiger partial charge >= 0.3 is 0 Å². The van der Waals surface area contributed by atoms with Gasteiger partial charge in [-0.15, -0.1) is 0 Å². The minimum atomic E-state index is 0.148. The molecular weight excluding hydrogens is 200 g/mol. The Morgan fingerprint density at radius 3 is 3.06 bits per heavy atom. The molecule has 3 heterocycles. The van der Waals surface area contributed by atoms with Gasteiger partial charge < -0.3 is 9.88 Å². The van der Waals surface area contributed by atoms with E-state index in [0.29, 0.717) is 0 Å². The lowest BCUT2D eigenvalue weighted by molar-refractivity contribution is 0.474. The molecule has 0 saturated carbocycles. The smallest absolute Gasteiger partial charge is 0.159 e. The predicted molar refractivity (Wildman–Crippen MR) is 63.3 cm³/mol. The number of fused-ring (bicyclic) bond motifs is 1. The summed E-state index contributed by atoms with van der Waals surface area (Å²) in [5.74, 6) is 1.14. The lowest BCUT2D eigenvalue weighted by atomic mass is 9.89. The molecule has 1 N–H and O–H groups in total. The third-order valence-electron chi connectivity index (χ3n) is 3.54. The highest BCUT2D eigenvalue weighted by Crippen LogP contribution is 2.30. The van der Waals surface area contributed by atoms with E-state index in [-0.39, 0.29) is 5.41 Å². The third kappa shape index (κ3) is 1.26. The second-order valence-electron chi connectivity index (χ2n) is 4.83. The Balaban J connectivity index is 2.20. The van der Waals surface area contributed by atoms with Gasteiger partial charge in [0, 0.05) is 25.2 Å². The maximum absolute atomic E-state index is 4.73. The van der Waals surface area contributed by atoms with E-state index in [1.54, 1.807) is 0 Å². The van der Waals surface area contributed by atoms with Gasteiger partial charge in [0.2, 0.25) is 0 Å². The maximum atomic E-state index is 4.73. The molecule has 2 aromatic rings. The van der Waals surface area contributed by atoms with Crippen molar-refractivity contribution in [1.82, 2.24) is 19.9 Å². The SMILES string of the molecule is Cn1c(C2(C)CCNC2)nc2cccnc21. The number of nitrogens with one attached hydrogen (secondary N) is 1. The van der Waals surface area contributed by atoms with Gasteiger partial charge in [0.1, 0.15) is 11.3 Å². The van der Waals surface area contributed by atoms with Crippen LogP contribution in [0.4, 0.5) is 0 Å². The fourth-order valence-corrected chi connectivity index (χ4v) is 2.57. The first-order chi connectivity index (χ1) is 7.71. The van der Waals surface area contributed by atoms with E-state index in [0.717, 1.165) is 36.5 Å². The summed E-state index contributed by atoms with van der Waals surface area (Å²) >= 11 is 0. The Bertz CT molecular complexity index is 523. The van der Waals surface area contributed by atoms with E-state index in [1.807, 2.05) is 18.3 Å². The number of aromatic nitrogens is 3. The van der Waals surface area contributed by atoms with Crippen LogP contribution in [0.2, 0.25) is 0 Å². The van der Waals surface area contributed by atoms with E-state index in [9.17, 15) is 0 Å². The fraction of sp³-hybridized carbons (Fsp3) is 0.500. The van der Waals surface area contributed by atoms with Crippen molar-refractivity contribution >= 4 is 11.2 Å². The second-order valence-corrected chi connectivity index (χ2v) is 4.83. The molecule has 4 heteroatoms. The van der Waals surface area contributed by atoms with E-state index in [1.165, 1.54) is 0 Å². The largest absolute Gasteiger partial charge is 0.316 e. The molecule has 1 atom stereocenters. The van der Waals surface area contributed by atoms with Crippen LogP contribution in [0.3, 0.4) is 0 Å². The van der Waals surface area contributed by atoms with E-state index < -0.39 is 0 Å². The van der Waals surface area contributed by atoms with Crippen LogP contribution < -0.4 is 5.32 Å². The average Bonchev–Trinajstić information content (AvgIpc) is 2.86. The van der Waals surface area contributed by atoms with Crippen molar-refractivity contribution in [3.8, 4) is 0 Å². The molecule has 0 amide bonds. The summed E-state index contributed by atoms with van der Waals surface area (Å²) < 4.78 is 2.13. The summed E-state index contributed by atoms with van der Waals surface area (Å²) in [6.07, 6.45) is 2.97. The molecule has 1 fully saturated rings. The Hall–Kier alpha value is -1.42. The zero-order valence-corrected chi connectivity index (χ0v) is 9.70. The van der Waals surface area contributed by atoms with Gasteiger partial charge in [-0.2, -0.15) is 0 Å². The van der Waals surface area contributed by atoms with Crippen molar-refractivity contribution in [3.63, 3.8) is 0 Å². The zero-order chi connectivity index (χ0) is 11.2. The van der Waals surface area contributed by atoms with Gasteiger partial charge in [-0.25, -0.2) is 9.97 Å². The molecule has 3 rings (SSSR count). The highest BCUT2D eigenvalue weighted by Gasteiger charge is 2.34. The highest BCUT2D eigenvalue weighted by molar-refractivity contribution is 5.71. The first-order valence-electron chi connectivity index (χ1n) is 5.69. The molecule has 1 unspecified atom stereocenters. The molecule has 1 saturated heterocycles. The molecular formula is C12H16N4. The van der Waals surface area contributed by atoms with E-state index >= 15 is 0 Å². The van der Waals surface area contributed by atoms with Crippen LogP contribution in [0.25, 0.3) is 11.2 Å². The van der Waals surface area contributed by atoms with Gasteiger partial charge in [0.05, 0.1) is 0 Å². The normalized spacial score (nSPS) is 25.4. The average molecular weight is 216 g/mol. The van der Waals surface area contributed by atoms with Gasteiger partial charge in [0.25, 0.3) is 0 Å². The fourth-order valence-electron chi connectivity index (χ4n) is 2.57. The summed E-state index contributed by atoms with van der Waals surface area (Å²) in [6.45, 7) is 4.35. The monoisotopic (exact) mass is 216 g/mol. The Kier molecular flexibility index (Phi) is 2.01. The Morgan fingerprint density at radius 2 is 2.38 bits per heavy atom. The minimum absolute atomic E-state index is 0.148. The number of imidazole rings is 1. The van der Waals surface area contributed by atoms with Gasteiger partial charge in [0.15, 0.2) is 5.65 Å². The van der Waals surface area contributed by atoms with Crippen molar-refractivity contribution in [2.24, 2.45) is 7.05 Å². The summed E-state index contributed by atoms with van der Waals surface area (Å²) in [4.78, 5) is 9.11. The highest BCUT2D eigenvalue weighted by atomic mass is 15.1. The molecule has 84 valence electrons. The van der Waals surface area contributed by atoms with Gasteiger partial charge in [-0.1, -0.05) is 6.92 Å². The Morgan fingerprint density at radius 1 is 1.50 bits per heavy atom. The van der Waals surface area contributed by atoms with Crippen molar-refractivity contribution in [2.45, 2.75) is 18.8 Å². The van der Waals surface area contributed by atoms with Crippen LogP contribution in [0, 0.1) is 0 Å². The summed E-state index contributed by atoms with van der Waals surface area (Å²) in [5.41, 5.74) is 2.12. The maximum Gasteiger partial charge on any atom is 0.159 e. The van der Waals surface area contributed by atoms with Crippen molar-refractivity contribution in [3.05, 3.63) is 24.2 Å². The number of hydrogen-bond acceptors (Lipinski definition) is 3. The van der Waals surface area contributed by atoms with Crippen LogP contribution in [-0.2, 0) is 12.5 Å². The summed E-state index contributed by atoms with van der Waals surface area (Å²) in [6, 6.07) is 3.96. The quantitative estimate of drug-likeness (QED) is 0.779. The molecule has 0 spiro atoms. The van der Waals surface area contributed by atoms with Crippen LogP contribution >= 0.6 is 0 Å². The number of pyridine rings is 1. The predicted octanol–water partition coefficient (Wildman–Crippen LogP) is 1.22. The molecule has 16 heavy (non-hydrogen) atoms. The Labute approximate surface area is 94.7 Å². The molecule has 4 nitrogen and oxygen atoms in total. The molecule has 2 aromatic heterocycles. The van der Waals surface area contributed by atoms with Crippen LogP contribution in [0.5, 0.6) is 0 Å². The summed E-state index contributed by atoms with van der Waals surface area (Å²) in [7, 11) is 2.06. The molecule has 1 aliphatic rings. The van der Waals surface area contributed by atoms with Crippen molar-refractivity contribution in [2.75, 3.05) is 13.1 Å². The van der Waals surface area contributed by atoms with Crippen molar-refractivity contribution < 1.29 is 0 Å². The first kappa shape index (κ1) is 9.78. The molecule has 0 bridgehead atoms. The minimum Gasteiger partial charge on any atom is -0.316 e. The number of nitrogens with zero attached hydrogens (tertiary/aromatic N) is 3. The lowest BCUT2D eigenvalue weighted by Crippen LogP contribution is -2.28. The molecule has 0 radical (unpaired) electrons. The van der Waals surface area contributed by atoms with Gasteiger partial charge in [-0.3, -0.25) is 0 Å². The standard InChI is InChI=1S/C12H16N4/c1-12(5-7-13-8-12)11-15-9-4-3-6-14-10(9)16(11)2/h3-4,6,13H,5,7-8H2,1-2H3. The first-order valence-corrected chi connectivity index (χ1v) is 5.69.